The Morgan fingerprint density at radius 1 is 0.612 bits per heavy atom. The van der Waals surface area contributed by atoms with Crippen LogP contribution < -0.4 is 45.5 Å². The van der Waals surface area contributed by atoms with Crippen molar-refractivity contribution in [1.29, 1.82) is 0 Å². The third kappa shape index (κ3) is 32.6. The number of hydrogen-bond donors (Lipinski definition) is 3. The molecule has 4 fully saturated rings. The first-order chi connectivity index (χ1) is 48.3. The molecule has 0 aromatic heterocycles. The van der Waals surface area contributed by atoms with Gasteiger partial charge in [0.1, 0.15) is 19.5 Å². The van der Waals surface area contributed by atoms with Crippen molar-refractivity contribution in [1.82, 2.24) is 30.7 Å². The van der Waals surface area contributed by atoms with Crippen LogP contribution in [-0.2, 0) is 83.0 Å². The number of hydrogen-bond acceptors (Lipinski definition) is 22. The van der Waals surface area contributed by atoms with Gasteiger partial charge in [-0.2, -0.15) is 0 Å². The predicted molar refractivity (Wildman–Crippen MR) is 385 cm³/mol. The third-order valence-corrected chi connectivity index (χ3v) is 15.7. The van der Waals surface area contributed by atoms with Gasteiger partial charge in [-0.05, 0) is 154 Å². The number of likely N-dealkylation sites (N-methyl/N-ethyl adjacent to an activating group) is 4. The zero-order chi connectivity index (χ0) is 74.9. The number of nitrogens with zero attached hydrogens (tertiary/aromatic N) is 4. The molecule has 103 heavy (non-hydrogen) atoms. The predicted octanol–water partition coefficient (Wildman–Crippen LogP) is 3.61. The molecule has 3 N–H and O–H groups in total. The van der Waals surface area contributed by atoms with Gasteiger partial charge < -0.3 is 66.9 Å². The van der Waals surface area contributed by atoms with Crippen molar-refractivity contribution in [2.24, 2.45) is 4.74 Å². The van der Waals surface area contributed by atoms with Crippen LogP contribution in [0.4, 0.5) is 0 Å². The minimum absolute atomic E-state index is 0. The van der Waals surface area contributed by atoms with Gasteiger partial charge in [-0.3, -0.25) is 48.0 Å². The molecule has 0 saturated carbocycles. The van der Waals surface area contributed by atoms with Gasteiger partial charge in [-0.15, -0.1) is 12.4 Å². The SMILES string of the molecule is CC(=O)OOC(C)=O.CCOC1CN(Cc2ccc(C#Cc3ccc(C(=O)N(C)[C@](C)(C(=O)COC4CCCCO4)C(=O)NC)cc3)cc2)C1.CCOC1CNC1.CN=P.CNC(=O)[C@@](C)(C(=O)COC1CCCCO1)N(C)C(=O)c1ccc(C#Cc2ccc(C=O)cc2)cc1.Cl.[B-]OC(C)=O.[Na+]. The van der Waals surface area contributed by atoms with Crippen LogP contribution in [0.1, 0.15) is 146 Å². The molecule has 553 valence electrons. The maximum Gasteiger partial charge on any atom is 1.00 e. The molecule has 30 heteroatoms. The molecule has 4 aliphatic rings. The zero-order valence-electron chi connectivity index (χ0n) is 61.2. The Kier molecular flexibility index (Phi) is 46.1. The van der Waals surface area contributed by atoms with E-state index in [0.29, 0.717) is 60.5 Å². The summed E-state index contributed by atoms with van der Waals surface area (Å²) in [6.45, 7) is 17.4. The molecule has 0 bridgehead atoms. The summed E-state index contributed by atoms with van der Waals surface area (Å²) in [7, 11) is 14.5. The maximum atomic E-state index is 13.4. The van der Waals surface area contributed by atoms with Crippen molar-refractivity contribution < 1.29 is 120 Å². The monoisotopic (exact) mass is 1470 g/mol. The third-order valence-electron chi connectivity index (χ3n) is 15.7. The van der Waals surface area contributed by atoms with Gasteiger partial charge in [0.15, 0.2) is 35.2 Å². The van der Waals surface area contributed by atoms with Gasteiger partial charge in [-0.1, -0.05) is 47.9 Å². The summed E-state index contributed by atoms with van der Waals surface area (Å²) in [6.07, 6.45) is 5.82. The van der Waals surface area contributed by atoms with Gasteiger partial charge in [0.25, 0.3) is 23.6 Å². The smallest absolute Gasteiger partial charge is 0.793 e. The van der Waals surface area contributed by atoms with E-state index in [1.165, 1.54) is 59.4 Å². The van der Waals surface area contributed by atoms with Crippen molar-refractivity contribution in [3.05, 3.63) is 142 Å². The first-order valence-electron chi connectivity index (χ1n) is 32.8. The largest absolute Gasteiger partial charge is 1.00 e. The van der Waals surface area contributed by atoms with Crippen LogP contribution in [0.25, 0.3) is 0 Å². The molecule has 0 aliphatic carbocycles. The number of amides is 4. The van der Waals surface area contributed by atoms with Gasteiger partial charge in [0.2, 0.25) is 5.97 Å². The molecule has 0 spiro atoms. The minimum Gasteiger partial charge on any atom is -0.793 e. The van der Waals surface area contributed by atoms with Crippen molar-refractivity contribution >= 4 is 88.9 Å². The Labute approximate surface area is 636 Å². The maximum absolute atomic E-state index is 13.4. The summed E-state index contributed by atoms with van der Waals surface area (Å²) in [5.41, 5.74) is 1.99. The van der Waals surface area contributed by atoms with Gasteiger partial charge in [0, 0.05) is 154 Å². The van der Waals surface area contributed by atoms with Crippen molar-refractivity contribution in [3.63, 3.8) is 0 Å². The molecule has 4 aromatic carbocycles. The van der Waals surface area contributed by atoms with Crippen LogP contribution in [0.3, 0.4) is 0 Å². The van der Waals surface area contributed by atoms with Crippen LogP contribution in [0.2, 0.25) is 0 Å². The molecule has 3 radical (unpaired) electrons. The number of benzene rings is 4. The minimum atomic E-state index is -1.77. The Morgan fingerprint density at radius 2 is 0.961 bits per heavy atom. The van der Waals surface area contributed by atoms with Crippen LogP contribution in [0, 0.1) is 23.7 Å². The van der Waals surface area contributed by atoms with Gasteiger partial charge in [-0.25, -0.2) is 19.4 Å². The first kappa shape index (κ1) is 93.4. The number of nitrogens with one attached hydrogen (secondary N) is 3. The van der Waals surface area contributed by atoms with Gasteiger partial charge in [0.05, 0.1) is 12.2 Å². The molecule has 4 aromatic rings. The Morgan fingerprint density at radius 3 is 1.24 bits per heavy atom. The Bertz CT molecular complexity index is 3450. The second-order valence-corrected chi connectivity index (χ2v) is 23.6. The fourth-order valence-corrected chi connectivity index (χ4v) is 9.52. The number of rotatable bonds is 21. The number of carbonyl (C=O) groups excluding carboxylic acids is 10. The normalized spacial score (nSPS) is 15.9. The molecule has 8 rings (SSSR count). The fourth-order valence-electron chi connectivity index (χ4n) is 9.52. The molecule has 4 atom stereocenters. The van der Waals surface area contributed by atoms with Gasteiger partial charge >= 0.3 is 41.5 Å². The number of ether oxygens (including phenoxy) is 6. The van der Waals surface area contributed by atoms with E-state index < -0.39 is 76.8 Å². The summed E-state index contributed by atoms with van der Waals surface area (Å²) in [6, 6.07) is 28.5. The molecule has 26 nitrogen and oxygen atoms in total. The van der Waals surface area contributed by atoms with E-state index in [4.69, 9.17) is 28.4 Å². The number of likely N-dealkylation sites (tertiary alicyclic amines) is 1. The van der Waals surface area contributed by atoms with E-state index in [-0.39, 0.29) is 55.2 Å². The number of aldehydes is 1. The second kappa shape index (κ2) is 50.8. The van der Waals surface area contributed by atoms with E-state index in [1.54, 1.807) is 79.8 Å². The van der Waals surface area contributed by atoms with E-state index >= 15 is 0 Å². The van der Waals surface area contributed by atoms with E-state index in [9.17, 15) is 47.9 Å². The van der Waals surface area contributed by atoms with Crippen molar-refractivity contribution in [2.45, 2.75) is 129 Å². The van der Waals surface area contributed by atoms with E-state index in [2.05, 4.69) is 92.9 Å². The zero-order valence-corrected chi connectivity index (χ0v) is 65.0. The Balaban J connectivity index is 0.000000779. The van der Waals surface area contributed by atoms with Crippen LogP contribution >= 0.6 is 21.4 Å². The molecule has 2 unspecified atom stereocenters. The van der Waals surface area contributed by atoms with Crippen molar-refractivity contribution in [2.75, 3.05) is 101 Å². The number of ketones is 2. The fraction of sp³-hybridized carbons (Fsp3) is 0.479. The standard InChI is InChI=1S/C33H41N3O6.C28H30N2O6.C5H11NO.C4H6O4.C2H3BO2.CH4NP.ClH.Na/c1-5-40-28-21-36(22-28)20-26-13-11-24(12-14-26)9-10-25-15-17-27(18-16-25)31(38)35(4)33(2,32(39)34-3)29(37)23-42-30-8-6-7-19-41-30;1-28(27(34)29-2,24(32)19-36-25-6-4-5-17-35-25)30(3)26(33)23-15-13-21(14-16-23)8-7-20-9-11-22(18-31)12-10-20;1-2-7-5-3-6-4-5;1-3(5)7-8-4(2)6;1-2(4)5-3;1-2-3;;/h11-18,28,30H,5-8,19-23H2,1-4H3,(H,34,39);9-16,18,25H,4-6,17,19H2,1-3H3,(H,29,34);5-6H,2-4H2,1H3;1-2H3;1H3;3H,1H3;1H;/q;;;;-1;;;+1/t30?,33-;25?,28-;;;;;;/m11....../s1. The number of Topliss-reactive ketones (excluding diaryl/α,β-unsaturated/α-hetero) is 2. The van der Waals surface area contributed by atoms with Crippen LogP contribution in [0.15, 0.2) is 102 Å². The average molecular weight is 1480 g/mol. The van der Waals surface area contributed by atoms with E-state index in [1.807, 2.05) is 26.0 Å². The molecular formula is C73H96BClN7NaO19P. The summed E-state index contributed by atoms with van der Waals surface area (Å²) in [5.74, 6) is 7.33. The van der Waals surface area contributed by atoms with Crippen molar-refractivity contribution in [3.8, 4) is 23.7 Å². The summed E-state index contributed by atoms with van der Waals surface area (Å²) in [5, 5.41) is 8.11. The molecule has 4 amide bonds. The second-order valence-electron chi connectivity index (χ2n) is 23.2. The Hall–Kier alpha value is -7.57. The molecule has 4 aliphatic heterocycles. The summed E-state index contributed by atoms with van der Waals surface area (Å²) >= 11 is 0. The topological polar surface area (TPSA) is 312 Å². The quantitative estimate of drug-likeness (QED) is 0.0204. The van der Waals surface area contributed by atoms with Crippen LogP contribution in [0.5, 0.6) is 0 Å². The summed E-state index contributed by atoms with van der Waals surface area (Å²) in [4.78, 5) is 131. The first-order valence-corrected chi connectivity index (χ1v) is 33.3. The summed E-state index contributed by atoms with van der Waals surface area (Å²) < 4.78 is 40.0. The molecule has 4 saturated heterocycles. The number of halogens is 1. The molecular weight excluding hydrogens is 1380 g/mol. The van der Waals surface area contributed by atoms with Crippen LogP contribution in [-0.4, -0.2) is 219 Å². The molecule has 4 heterocycles. The van der Waals surface area contributed by atoms with E-state index in [0.717, 1.165) is 113 Å². The number of carbonyl (C=O) groups is 10. The average Bonchev–Trinajstić information content (AvgIpc) is 0.790.